The summed E-state index contributed by atoms with van der Waals surface area (Å²) < 4.78 is 28.1. The maximum Gasteiger partial charge on any atom is 0.263 e. The van der Waals surface area contributed by atoms with Crippen molar-refractivity contribution in [2.75, 3.05) is 10.0 Å². The van der Waals surface area contributed by atoms with Gasteiger partial charge in [-0.25, -0.2) is 18.4 Å². The summed E-state index contributed by atoms with van der Waals surface area (Å²) in [5.41, 5.74) is 2.33. The second-order valence-electron chi connectivity index (χ2n) is 6.28. The molecule has 1 aromatic heterocycles. The van der Waals surface area contributed by atoms with E-state index in [1.54, 1.807) is 30.3 Å². The molecule has 26 heavy (non-hydrogen) atoms. The first-order valence-corrected chi connectivity index (χ1v) is 10.00. The predicted molar refractivity (Wildman–Crippen MR) is 105 cm³/mol. The van der Waals surface area contributed by atoms with E-state index in [0.717, 1.165) is 12.0 Å². The highest BCUT2D eigenvalue weighted by molar-refractivity contribution is 7.92. The van der Waals surface area contributed by atoms with Crippen molar-refractivity contribution < 1.29 is 8.42 Å². The highest BCUT2D eigenvalue weighted by Crippen LogP contribution is 2.25. The van der Waals surface area contributed by atoms with E-state index in [1.807, 2.05) is 39.0 Å². The summed E-state index contributed by atoms with van der Waals surface area (Å²) in [5, 5.41) is 3.23. The monoisotopic (exact) mass is 370 g/mol. The fraction of sp³-hybridized carbons (Fsp3) is 0.263. The molecular formula is C19H22N4O2S. The van der Waals surface area contributed by atoms with Crippen LogP contribution in [0.2, 0.25) is 0 Å². The van der Waals surface area contributed by atoms with Gasteiger partial charge in [0.15, 0.2) is 11.6 Å². The summed E-state index contributed by atoms with van der Waals surface area (Å²) >= 11 is 0. The second-order valence-corrected chi connectivity index (χ2v) is 7.96. The third-order valence-corrected chi connectivity index (χ3v) is 5.48. The predicted octanol–water partition coefficient (Wildman–Crippen LogP) is 3.95. The molecule has 1 atom stereocenters. The van der Waals surface area contributed by atoms with Gasteiger partial charge in [-0.05, 0) is 44.5 Å². The van der Waals surface area contributed by atoms with E-state index < -0.39 is 10.0 Å². The summed E-state index contributed by atoms with van der Waals surface area (Å²) in [7, 11) is -3.76. The third kappa shape index (κ3) is 3.94. The van der Waals surface area contributed by atoms with Crippen molar-refractivity contribution in [1.82, 2.24) is 9.97 Å². The van der Waals surface area contributed by atoms with Gasteiger partial charge in [-0.15, -0.1) is 0 Å². The lowest BCUT2D eigenvalue weighted by Gasteiger charge is -2.17. The number of aromatic nitrogens is 2. The summed E-state index contributed by atoms with van der Waals surface area (Å²) in [6.07, 6.45) is 0.874. The quantitative estimate of drug-likeness (QED) is 0.686. The Kier molecular flexibility index (Phi) is 5.08. The molecule has 3 rings (SSSR count). The van der Waals surface area contributed by atoms with Gasteiger partial charge < -0.3 is 5.32 Å². The first-order valence-electron chi connectivity index (χ1n) is 8.52. The zero-order chi connectivity index (χ0) is 18.7. The Morgan fingerprint density at radius 1 is 0.962 bits per heavy atom. The number of rotatable bonds is 6. The van der Waals surface area contributed by atoms with Crippen LogP contribution in [0, 0.1) is 6.92 Å². The SMILES string of the molecule is CCC(C)Nc1nc2ccccc2nc1NS(=O)(=O)c1ccc(C)cc1. The molecule has 0 aliphatic heterocycles. The van der Waals surface area contributed by atoms with Crippen molar-refractivity contribution in [2.45, 2.75) is 38.1 Å². The summed E-state index contributed by atoms with van der Waals surface area (Å²) in [4.78, 5) is 9.22. The van der Waals surface area contributed by atoms with Gasteiger partial charge in [0.05, 0.1) is 15.9 Å². The minimum absolute atomic E-state index is 0.132. The van der Waals surface area contributed by atoms with E-state index in [1.165, 1.54) is 0 Å². The molecule has 0 amide bonds. The van der Waals surface area contributed by atoms with Crippen molar-refractivity contribution in [3.63, 3.8) is 0 Å². The molecule has 6 nitrogen and oxygen atoms in total. The molecule has 7 heteroatoms. The van der Waals surface area contributed by atoms with Crippen molar-refractivity contribution in [2.24, 2.45) is 0 Å². The van der Waals surface area contributed by atoms with E-state index >= 15 is 0 Å². The molecule has 0 saturated carbocycles. The van der Waals surface area contributed by atoms with E-state index in [9.17, 15) is 8.42 Å². The number of nitrogens with zero attached hydrogens (tertiary/aromatic N) is 2. The average molecular weight is 370 g/mol. The van der Waals surface area contributed by atoms with E-state index in [-0.39, 0.29) is 16.8 Å². The molecule has 3 aromatic rings. The third-order valence-electron chi connectivity index (χ3n) is 4.13. The first-order chi connectivity index (χ1) is 12.4. The average Bonchev–Trinajstić information content (AvgIpc) is 2.62. The van der Waals surface area contributed by atoms with Crippen molar-refractivity contribution in [3.8, 4) is 0 Å². The maximum atomic E-state index is 12.7. The highest BCUT2D eigenvalue weighted by atomic mass is 32.2. The Balaban J connectivity index is 2.04. The topological polar surface area (TPSA) is 84.0 Å². The summed E-state index contributed by atoms with van der Waals surface area (Å²) in [5.74, 6) is 0.623. The number of hydrogen-bond acceptors (Lipinski definition) is 5. The Morgan fingerprint density at radius 2 is 1.54 bits per heavy atom. The van der Waals surface area contributed by atoms with E-state index in [2.05, 4.69) is 20.0 Å². The molecular weight excluding hydrogens is 348 g/mol. The lowest BCUT2D eigenvalue weighted by atomic mass is 10.2. The molecule has 0 fully saturated rings. The standard InChI is InChI=1S/C19H22N4O2S/c1-4-14(3)20-18-19(22-17-8-6-5-7-16(17)21-18)23-26(24,25)15-11-9-13(2)10-12-15/h5-12,14H,4H2,1-3H3,(H,20,21)(H,22,23). The largest absolute Gasteiger partial charge is 0.365 e. The molecule has 0 saturated heterocycles. The van der Waals surface area contributed by atoms with Gasteiger partial charge >= 0.3 is 0 Å². The van der Waals surface area contributed by atoms with Crippen molar-refractivity contribution in [1.29, 1.82) is 0 Å². The molecule has 2 aromatic carbocycles. The number of sulfonamides is 1. The van der Waals surface area contributed by atoms with Crippen LogP contribution < -0.4 is 10.0 Å². The Labute approximate surface area is 153 Å². The lowest BCUT2D eigenvalue weighted by Crippen LogP contribution is -2.20. The number of anilines is 2. The van der Waals surface area contributed by atoms with Crippen LogP contribution in [0.3, 0.4) is 0 Å². The van der Waals surface area contributed by atoms with Gasteiger partial charge in [-0.1, -0.05) is 36.8 Å². The number of benzene rings is 2. The van der Waals surface area contributed by atoms with Crippen LogP contribution in [0.25, 0.3) is 11.0 Å². The number of fused-ring (bicyclic) bond motifs is 1. The van der Waals surface area contributed by atoms with Crippen LogP contribution in [0.1, 0.15) is 25.8 Å². The Morgan fingerprint density at radius 3 is 2.12 bits per heavy atom. The molecule has 1 unspecified atom stereocenters. The normalized spacial score (nSPS) is 12.7. The fourth-order valence-electron chi connectivity index (χ4n) is 2.41. The van der Waals surface area contributed by atoms with Crippen LogP contribution in [0.4, 0.5) is 11.6 Å². The van der Waals surface area contributed by atoms with Gasteiger partial charge in [-0.2, -0.15) is 0 Å². The van der Waals surface area contributed by atoms with Gasteiger partial charge in [0.2, 0.25) is 0 Å². The molecule has 0 aliphatic carbocycles. The van der Waals surface area contributed by atoms with Gasteiger partial charge in [0, 0.05) is 6.04 Å². The minimum atomic E-state index is -3.76. The highest BCUT2D eigenvalue weighted by Gasteiger charge is 2.19. The smallest absolute Gasteiger partial charge is 0.263 e. The van der Waals surface area contributed by atoms with Gasteiger partial charge in [0.25, 0.3) is 10.0 Å². The maximum absolute atomic E-state index is 12.7. The molecule has 0 spiro atoms. The van der Waals surface area contributed by atoms with Crippen LogP contribution in [0.5, 0.6) is 0 Å². The molecule has 0 aliphatic rings. The zero-order valence-corrected chi connectivity index (χ0v) is 15.8. The van der Waals surface area contributed by atoms with Crippen LogP contribution in [-0.4, -0.2) is 24.4 Å². The zero-order valence-electron chi connectivity index (χ0n) is 15.0. The molecule has 0 radical (unpaired) electrons. The lowest BCUT2D eigenvalue weighted by molar-refractivity contribution is 0.601. The molecule has 1 heterocycles. The molecule has 136 valence electrons. The van der Waals surface area contributed by atoms with Gasteiger partial charge in [-0.3, -0.25) is 4.72 Å². The first kappa shape index (κ1) is 18.1. The summed E-state index contributed by atoms with van der Waals surface area (Å²) in [6.45, 7) is 5.96. The van der Waals surface area contributed by atoms with E-state index in [0.29, 0.717) is 16.9 Å². The van der Waals surface area contributed by atoms with E-state index in [4.69, 9.17) is 0 Å². The number of hydrogen-bond donors (Lipinski definition) is 2. The fourth-order valence-corrected chi connectivity index (χ4v) is 3.42. The molecule has 2 N–H and O–H groups in total. The van der Waals surface area contributed by atoms with Gasteiger partial charge in [0.1, 0.15) is 0 Å². The molecule has 0 bridgehead atoms. The number of aryl methyl sites for hydroxylation is 1. The van der Waals surface area contributed by atoms with Crippen molar-refractivity contribution in [3.05, 3.63) is 54.1 Å². The van der Waals surface area contributed by atoms with Crippen LogP contribution in [0.15, 0.2) is 53.4 Å². The Bertz CT molecular complexity index is 1020. The second kappa shape index (κ2) is 7.29. The van der Waals surface area contributed by atoms with Crippen LogP contribution >= 0.6 is 0 Å². The van der Waals surface area contributed by atoms with Crippen LogP contribution in [-0.2, 0) is 10.0 Å². The Hall–Kier alpha value is -2.67. The van der Waals surface area contributed by atoms with Crippen molar-refractivity contribution >= 4 is 32.7 Å². The number of nitrogens with one attached hydrogen (secondary N) is 2. The number of para-hydroxylation sites is 2. The summed E-state index contributed by atoms with van der Waals surface area (Å²) in [6, 6.07) is 14.2. The minimum Gasteiger partial charge on any atom is -0.365 e.